The van der Waals surface area contributed by atoms with Crippen molar-refractivity contribution in [3.8, 4) is 23.0 Å². The minimum atomic E-state index is -0.830. The van der Waals surface area contributed by atoms with Crippen LogP contribution in [0.2, 0.25) is 0 Å². The first-order chi connectivity index (χ1) is 17.5. The summed E-state index contributed by atoms with van der Waals surface area (Å²) in [4.78, 5) is 0. The van der Waals surface area contributed by atoms with Crippen molar-refractivity contribution < 1.29 is 23.4 Å². The van der Waals surface area contributed by atoms with E-state index in [2.05, 4.69) is 6.58 Å². The Bertz CT molecular complexity index is 1280. The molecule has 36 heavy (non-hydrogen) atoms. The number of ether oxygens (including phenoxy) is 2. The molecule has 0 aromatic heterocycles. The molecule has 1 unspecified atom stereocenters. The Balaban J connectivity index is 0.000000201. The molecule has 4 rings (SSSR count). The fourth-order valence-corrected chi connectivity index (χ4v) is 3.12. The SMILES string of the molecule is C=CC(O)c1ccc(F)c(Oc2ccccc2)c1.Fc1ccc(C=CCCl)cc1Oc1ccccc1. The summed E-state index contributed by atoms with van der Waals surface area (Å²) in [5, 5.41) is 9.61. The maximum absolute atomic E-state index is 13.6. The predicted octanol–water partition coefficient (Wildman–Crippen LogP) is 8.71. The molecule has 3 nitrogen and oxygen atoms in total. The van der Waals surface area contributed by atoms with E-state index in [1.807, 2.05) is 30.3 Å². The quantitative estimate of drug-likeness (QED) is 0.192. The summed E-state index contributed by atoms with van der Waals surface area (Å²) in [6.07, 6.45) is 4.16. The molecule has 0 aliphatic rings. The first-order valence-electron chi connectivity index (χ1n) is 11.1. The average Bonchev–Trinajstić information content (AvgIpc) is 2.91. The number of benzene rings is 4. The minimum Gasteiger partial charge on any atom is -0.454 e. The molecule has 0 aliphatic heterocycles. The van der Waals surface area contributed by atoms with Crippen molar-refractivity contribution in [1.82, 2.24) is 0 Å². The van der Waals surface area contributed by atoms with Crippen LogP contribution in [-0.2, 0) is 0 Å². The Morgan fingerprint density at radius 2 is 1.31 bits per heavy atom. The minimum absolute atomic E-state index is 0.0830. The third kappa shape index (κ3) is 8.08. The highest BCUT2D eigenvalue weighted by molar-refractivity contribution is 6.19. The molecule has 184 valence electrons. The molecule has 0 bridgehead atoms. The predicted molar refractivity (Wildman–Crippen MR) is 141 cm³/mol. The fraction of sp³-hybridized carbons (Fsp3) is 0.0667. The van der Waals surface area contributed by atoms with Crippen LogP contribution in [0.5, 0.6) is 23.0 Å². The molecule has 4 aromatic rings. The van der Waals surface area contributed by atoms with Crippen LogP contribution in [0.3, 0.4) is 0 Å². The number of alkyl halides is 1. The molecule has 0 radical (unpaired) electrons. The van der Waals surface area contributed by atoms with Gasteiger partial charge in [-0.2, -0.15) is 0 Å². The zero-order valence-electron chi connectivity index (χ0n) is 19.4. The van der Waals surface area contributed by atoms with Crippen molar-refractivity contribution in [3.63, 3.8) is 0 Å². The summed E-state index contributed by atoms with van der Waals surface area (Å²) in [6, 6.07) is 27.0. The fourth-order valence-electron chi connectivity index (χ4n) is 3.03. The van der Waals surface area contributed by atoms with Crippen LogP contribution in [0.1, 0.15) is 17.2 Å². The van der Waals surface area contributed by atoms with Gasteiger partial charge >= 0.3 is 0 Å². The monoisotopic (exact) mass is 506 g/mol. The molecule has 1 atom stereocenters. The van der Waals surface area contributed by atoms with E-state index in [0.717, 1.165) is 5.56 Å². The van der Waals surface area contributed by atoms with Gasteiger partial charge in [0.05, 0.1) is 6.10 Å². The number of para-hydroxylation sites is 2. The molecule has 0 fully saturated rings. The van der Waals surface area contributed by atoms with Crippen molar-refractivity contribution >= 4 is 17.7 Å². The molecule has 6 heteroatoms. The van der Waals surface area contributed by atoms with Gasteiger partial charge in [-0.3, -0.25) is 0 Å². The lowest BCUT2D eigenvalue weighted by molar-refractivity contribution is 0.228. The topological polar surface area (TPSA) is 38.7 Å². The normalized spacial score (nSPS) is 11.3. The van der Waals surface area contributed by atoms with Gasteiger partial charge in [-0.1, -0.05) is 66.8 Å². The van der Waals surface area contributed by atoms with Crippen molar-refractivity contribution in [2.75, 3.05) is 5.88 Å². The van der Waals surface area contributed by atoms with E-state index in [4.69, 9.17) is 21.1 Å². The summed E-state index contributed by atoms with van der Waals surface area (Å²) in [5.41, 5.74) is 1.39. The van der Waals surface area contributed by atoms with Crippen molar-refractivity contribution in [2.24, 2.45) is 0 Å². The van der Waals surface area contributed by atoms with Gasteiger partial charge in [0, 0.05) is 5.88 Å². The largest absolute Gasteiger partial charge is 0.454 e. The highest BCUT2D eigenvalue weighted by Crippen LogP contribution is 2.28. The highest BCUT2D eigenvalue weighted by atomic mass is 35.5. The van der Waals surface area contributed by atoms with Gasteiger partial charge in [0.25, 0.3) is 0 Å². The lowest BCUT2D eigenvalue weighted by Gasteiger charge is -2.10. The van der Waals surface area contributed by atoms with E-state index >= 15 is 0 Å². The number of allylic oxidation sites excluding steroid dienone is 1. The number of hydrogen-bond acceptors (Lipinski definition) is 3. The maximum Gasteiger partial charge on any atom is 0.165 e. The van der Waals surface area contributed by atoms with Crippen LogP contribution >= 0.6 is 11.6 Å². The third-order valence-corrected chi connectivity index (χ3v) is 4.99. The molecular formula is C30H25ClF2O3. The molecule has 0 amide bonds. The van der Waals surface area contributed by atoms with E-state index in [1.54, 1.807) is 54.6 Å². The smallest absolute Gasteiger partial charge is 0.165 e. The average molecular weight is 507 g/mol. The summed E-state index contributed by atoms with van der Waals surface area (Å²) in [7, 11) is 0. The van der Waals surface area contributed by atoms with E-state index in [9.17, 15) is 13.9 Å². The first kappa shape index (κ1) is 26.7. The van der Waals surface area contributed by atoms with Gasteiger partial charge in [0.1, 0.15) is 11.5 Å². The van der Waals surface area contributed by atoms with Crippen LogP contribution in [0.15, 0.2) is 116 Å². The summed E-state index contributed by atoms with van der Waals surface area (Å²) in [5.74, 6) is 1.00. The van der Waals surface area contributed by atoms with Gasteiger partial charge in [-0.05, 0) is 59.7 Å². The number of aliphatic hydroxyl groups is 1. The Labute approximate surface area is 214 Å². The molecule has 0 saturated carbocycles. The third-order valence-electron chi connectivity index (χ3n) is 4.82. The van der Waals surface area contributed by atoms with E-state index in [1.165, 1.54) is 30.3 Å². The molecule has 0 spiro atoms. The zero-order chi connectivity index (χ0) is 25.8. The maximum atomic E-state index is 13.6. The molecule has 0 aliphatic carbocycles. The lowest BCUT2D eigenvalue weighted by Crippen LogP contribution is -1.95. The standard InChI is InChI=1S/C15H12ClFO.C15H13FO2/c16-10-4-5-12-8-9-14(17)15(11-12)18-13-6-2-1-3-7-13;1-2-14(17)11-8-9-13(16)15(10-11)18-12-6-4-3-5-7-12/h1-9,11H,10H2;2-10,14,17H,1H2. The second kappa shape index (κ2) is 13.8. The highest BCUT2D eigenvalue weighted by Gasteiger charge is 2.10. The van der Waals surface area contributed by atoms with Gasteiger partial charge in [0.2, 0.25) is 0 Å². The molecular weight excluding hydrogens is 482 g/mol. The second-order valence-corrected chi connectivity index (χ2v) is 7.76. The Kier molecular flexibility index (Phi) is 10.2. The molecule has 1 N–H and O–H groups in total. The Hall–Kier alpha value is -3.93. The van der Waals surface area contributed by atoms with Crippen molar-refractivity contribution in [1.29, 1.82) is 0 Å². The second-order valence-electron chi connectivity index (χ2n) is 7.45. The Morgan fingerprint density at radius 3 is 1.83 bits per heavy atom. The molecule has 4 aromatic carbocycles. The summed E-state index contributed by atoms with van der Waals surface area (Å²) >= 11 is 5.56. The molecule has 0 heterocycles. The van der Waals surface area contributed by atoms with Gasteiger partial charge in [-0.15, -0.1) is 18.2 Å². The van der Waals surface area contributed by atoms with Crippen LogP contribution < -0.4 is 9.47 Å². The van der Waals surface area contributed by atoms with Crippen LogP contribution in [0.4, 0.5) is 8.78 Å². The van der Waals surface area contributed by atoms with E-state index in [-0.39, 0.29) is 17.3 Å². The first-order valence-corrected chi connectivity index (χ1v) is 11.6. The molecule has 0 saturated heterocycles. The Morgan fingerprint density at radius 1 is 0.778 bits per heavy atom. The van der Waals surface area contributed by atoms with Crippen molar-refractivity contribution in [2.45, 2.75) is 6.10 Å². The lowest BCUT2D eigenvalue weighted by atomic mass is 10.1. The van der Waals surface area contributed by atoms with Gasteiger partial charge in [-0.25, -0.2) is 8.78 Å². The van der Waals surface area contributed by atoms with Gasteiger partial charge < -0.3 is 14.6 Å². The zero-order valence-corrected chi connectivity index (χ0v) is 20.1. The van der Waals surface area contributed by atoms with Gasteiger partial charge in [0.15, 0.2) is 23.1 Å². The summed E-state index contributed by atoms with van der Waals surface area (Å²) < 4.78 is 38.1. The number of aliphatic hydroxyl groups excluding tert-OH is 1. The number of hydrogen-bond donors (Lipinski definition) is 1. The summed E-state index contributed by atoms with van der Waals surface area (Å²) in [6.45, 7) is 3.49. The van der Waals surface area contributed by atoms with E-state index < -0.39 is 11.9 Å². The number of halogens is 3. The van der Waals surface area contributed by atoms with Crippen molar-refractivity contribution in [3.05, 3.63) is 139 Å². The van der Waals surface area contributed by atoms with Crippen LogP contribution in [0, 0.1) is 11.6 Å². The van der Waals surface area contributed by atoms with E-state index in [0.29, 0.717) is 22.9 Å². The van der Waals surface area contributed by atoms with Crippen LogP contribution in [0.25, 0.3) is 6.08 Å². The number of rotatable bonds is 8. The van der Waals surface area contributed by atoms with Crippen LogP contribution in [-0.4, -0.2) is 11.0 Å².